The molecular weight excluding hydrogens is 300 g/mol. The first kappa shape index (κ1) is 16.0. The van der Waals surface area contributed by atoms with Gasteiger partial charge in [-0.15, -0.1) is 0 Å². The first-order chi connectivity index (χ1) is 11.0. The van der Waals surface area contributed by atoms with Gasteiger partial charge in [0, 0.05) is 6.08 Å². The van der Waals surface area contributed by atoms with Gasteiger partial charge in [0.05, 0.1) is 5.97 Å². The number of aliphatic carboxylic acids is 1. The number of ether oxygens (including phenoxy) is 1. The van der Waals surface area contributed by atoms with Gasteiger partial charge in [-0.1, -0.05) is 30.3 Å². The Labute approximate surface area is 131 Å². The molecule has 2 amide bonds. The zero-order valence-electron chi connectivity index (χ0n) is 11.9. The fourth-order valence-corrected chi connectivity index (χ4v) is 1.76. The second-order valence-electron chi connectivity index (χ2n) is 4.49. The van der Waals surface area contributed by atoms with Crippen LogP contribution in [0.25, 0.3) is 10.8 Å². The van der Waals surface area contributed by atoms with Crippen molar-refractivity contribution in [1.29, 1.82) is 0 Å². The van der Waals surface area contributed by atoms with Crippen molar-refractivity contribution in [2.45, 2.75) is 0 Å². The standard InChI is InChI=1S/C16H14N2O5/c19-14(7-8-16(21)22)17-18-15(20)10-23-13-6-5-11-3-1-2-4-12(11)9-13/h1-9H,10H2,(H,17,19)(H,18,20)(H,21,22)/p-1/b8-7+. The van der Waals surface area contributed by atoms with Gasteiger partial charge in [0.2, 0.25) is 0 Å². The normalized spacial score (nSPS) is 10.4. The van der Waals surface area contributed by atoms with E-state index in [2.05, 4.69) is 5.43 Å². The molecule has 7 heteroatoms. The minimum absolute atomic E-state index is 0.303. The highest BCUT2D eigenvalue weighted by atomic mass is 16.5. The van der Waals surface area contributed by atoms with Crippen LogP contribution in [0.2, 0.25) is 0 Å². The van der Waals surface area contributed by atoms with E-state index >= 15 is 0 Å². The van der Waals surface area contributed by atoms with Gasteiger partial charge >= 0.3 is 0 Å². The molecule has 0 bridgehead atoms. The van der Waals surface area contributed by atoms with Crippen LogP contribution in [0.1, 0.15) is 0 Å². The lowest BCUT2D eigenvalue weighted by Gasteiger charge is -2.08. The number of carboxylic acid groups (broad SMARTS) is 1. The summed E-state index contributed by atoms with van der Waals surface area (Å²) < 4.78 is 5.32. The third-order valence-electron chi connectivity index (χ3n) is 2.79. The maximum absolute atomic E-state index is 11.5. The van der Waals surface area contributed by atoms with Gasteiger partial charge in [0.25, 0.3) is 11.8 Å². The van der Waals surface area contributed by atoms with Gasteiger partial charge in [-0.3, -0.25) is 20.4 Å². The monoisotopic (exact) mass is 313 g/mol. The van der Waals surface area contributed by atoms with Crippen molar-refractivity contribution in [3.05, 3.63) is 54.6 Å². The summed E-state index contributed by atoms with van der Waals surface area (Å²) in [6.45, 7) is -0.303. The third-order valence-corrected chi connectivity index (χ3v) is 2.79. The van der Waals surface area contributed by atoms with Gasteiger partial charge in [0.1, 0.15) is 5.75 Å². The molecule has 0 fully saturated rings. The SMILES string of the molecule is O=C([O-])/C=C/C(=O)NNC(=O)COc1ccc2ccccc2c1. The number of rotatable bonds is 5. The minimum atomic E-state index is -1.51. The van der Waals surface area contributed by atoms with Crippen LogP contribution in [0.5, 0.6) is 5.75 Å². The molecule has 23 heavy (non-hydrogen) atoms. The summed E-state index contributed by atoms with van der Waals surface area (Å²) in [5, 5.41) is 12.1. The van der Waals surface area contributed by atoms with Crippen molar-refractivity contribution >= 4 is 28.6 Å². The lowest BCUT2D eigenvalue weighted by atomic mass is 10.1. The Morgan fingerprint density at radius 3 is 2.48 bits per heavy atom. The van der Waals surface area contributed by atoms with Crippen molar-refractivity contribution in [1.82, 2.24) is 10.9 Å². The predicted molar refractivity (Wildman–Crippen MR) is 79.9 cm³/mol. The lowest BCUT2D eigenvalue weighted by molar-refractivity contribution is -0.297. The second kappa shape index (κ2) is 7.60. The van der Waals surface area contributed by atoms with Gasteiger partial charge in [-0.05, 0) is 29.0 Å². The molecular formula is C16H13N2O5-. The summed E-state index contributed by atoms with van der Waals surface area (Å²) in [6.07, 6.45) is 1.27. The van der Waals surface area contributed by atoms with Gasteiger partial charge in [-0.25, -0.2) is 0 Å². The summed E-state index contributed by atoms with van der Waals surface area (Å²) in [5.41, 5.74) is 4.09. The van der Waals surface area contributed by atoms with E-state index in [4.69, 9.17) is 4.74 Å². The van der Waals surface area contributed by atoms with E-state index in [-0.39, 0.29) is 6.61 Å². The van der Waals surface area contributed by atoms with Gasteiger partial charge in [-0.2, -0.15) is 0 Å². The highest BCUT2D eigenvalue weighted by Crippen LogP contribution is 2.20. The number of benzene rings is 2. The van der Waals surface area contributed by atoms with E-state index in [9.17, 15) is 19.5 Å². The smallest absolute Gasteiger partial charge is 0.276 e. The maximum atomic E-state index is 11.5. The Balaban J connectivity index is 1.81. The van der Waals surface area contributed by atoms with E-state index in [1.54, 1.807) is 12.1 Å². The molecule has 0 aromatic heterocycles. The van der Waals surface area contributed by atoms with Crippen LogP contribution in [0.3, 0.4) is 0 Å². The third kappa shape index (κ3) is 5.16. The first-order valence-corrected chi connectivity index (χ1v) is 6.64. The average Bonchev–Trinajstić information content (AvgIpc) is 2.56. The molecule has 0 unspecified atom stereocenters. The van der Waals surface area contributed by atoms with E-state index in [1.165, 1.54) is 0 Å². The molecule has 2 aromatic rings. The topological polar surface area (TPSA) is 108 Å². The molecule has 0 spiro atoms. The van der Waals surface area contributed by atoms with Crippen molar-refractivity contribution in [3.63, 3.8) is 0 Å². The van der Waals surface area contributed by atoms with Crippen LogP contribution < -0.4 is 20.7 Å². The number of nitrogens with one attached hydrogen (secondary N) is 2. The first-order valence-electron chi connectivity index (χ1n) is 6.64. The van der Waals surface area contributed by atoms with Crippen molar-refractivity contribution < 1.29 is 24.2 Å². The highest BCUT2D eigenvalue weighted by Gasteiger charge is 2.04. The Kier molecular flexibility index (Phi) is 5.30. The Bertz CT molecular complexity index is 770. The van der Waals surface area contributed by atoms with Crippen LogP contribution in [-0.4, -0.2) is 24.4 Å². The Morgan fingerprint density at radius 2 is 1.74 bits per heavy atom. The number of carboxylic acids is 1. The fraction of sp³-hybridized carbons (Fsp3) is 0.0625. The van der Waals surface area contributed by atoms with Crippen LogP contribution in [-0.2, 0) is 14.4 Å². The Morgan fingerprint density at radius 1 is 1.00 bits per heavy atom. The van der Waals surface area contributed by atoms with E-state index in [1.807, 2.05) is 35.8 Å². The van der Waals surface area contributed by atoms with Crippen molar-refractivity contribution in [3.8, 4) is 5.75 Å². The number of carbonyl (C=O) groups is 3. The number of hydrogen-bond donors (Lipinski definition) is 2. The molecule has 0 atom stereocenters. The van der Waals surface area contributed by atoms with Crippen LogP contribution in [0.4, 0.5) is 0 Å². The van der Waals surface area contributed by atoms with Crippen LogP contribution in [0.15, 0.2) is 54.6 Å². The molecule has 7 nitrogen and oxygen atoms in total. The zero-order chi connectivity index (χ0) is 16.7. The molecule has 0 aliphatic carbocycles. The predicted octanol–water partition coefficient (Wildman–Crippen LogP) is -0.328. The zero-order valence-corrected chi connectivity index (χ0v) is 11.9. The van der Waals surface area contributed by atoms with Crippen molar-refractivity contribution in [2.24, 2.45) is 0 Å². The average molecular weight is 313 g/mol. The quantitative estimate of drug-likeness (QED) is 0.580. The largest absolute Gasteiger partial charge is 0.545 e. The molecule has 2 aromatic carbocycles. The molecule has 2 rings (SSSR count). The number of hydrogen-bond acceptors (Lipinski definition) is 5. The minimum Gasteiger partial charge on any atom is -0.545 e. The van der Waals surface area contributed by atoms with Gasteiger partial charge in [0.15, 0.2) is 6.61 Å². The molecule has 0 radical (unpaired) electrons. The van der Waals surface area contributed by atoms with E-state index in [0.29, 0.717) is 11.8 Å². The summed E-state index contributed by atoms with van der Waals surface area (Å²) in [7, 11) is 0. The fourth-order valence-electron chi connectivity index (χ4n) is 1.76. The summed E-state index contributed by atoms with van der Waals surface area (Å²) in [6, 6.07) is 13.1. The number of fused-ring (bicyclic) bond motifs is 1. The molecule has 0 aliphatic rings. The number of amides is 2. The van der Waals surface area contributed by atoms with Crippen LogP contribution >= 0.6 is 0 Å². The Hall–Kier alpha value is -3.35. The molecule has 2 N–H and O–H groups in total. The van der Waals surface area contributed by atoms with Crippen molar-refractivity contribution in [2.75, 3.05) is 6.61 Å². The maximum Gasteiger partial charge on any atom is 0.276 e. The number of hydrazine groups is 1. The molecule has 0 aliphatic heterocycles. The summed E-state index contributed by atoms with van der Waals surface area (Å²) in [4.78, 5) is 32.8. The number of carbonyl (C=O) groups excluding carboxylic acids is 3. The van der Waals surface area contributed by atoms with E-state index in [0.717, 1.165) is 16.8 Å². The summed E-state index contributed by atoms with van der Waals surface area (Å²) in [5.74, 6) is -2.38. The molecule has 0 heterocycles. The van der Waals surface area contributed by atoms with E-state index < -0.39 is 17.8 Å². The summed E-state index contributed by atoms with van der Waals surface area (Å²) >= 11 is 0. The lowest BCUT2D eigenvalue weighted by Crippen LogP contribution is -2.43. The highest BCUT2D eigenvalue weighted by molar-refractivity contribution is 5.94. The molecule has 0 saturated heterocycles. The van der Waals surface area contributed by atoms with Crippen LogP contribution in [0, 0.1) is 0 Å². The van der Waals surface area contributed by atoms with Gasteiger partial charge < -0.3 is 14.6 Å². The molecule has 118 valence electrons. The second-order valence-corrected chi connectivity index (χ2v) is 4.49. The molecule has 0 saturated carbocycles.